The number of amides is 1. The number of ether oxygens (including phenoxy) is 1. The lowest BCUT2D eigenvalue weighted by Crippen LogP contribution is -2.56. The van der Waals surface area contributed by atoms with Crippen LogP contribution < -0.4 is 5.73 Å². The number of thiazole rings is 1. The zero-order valence-corrected chi connectivity index (χ0v) is 13.5. The molecule has 2 atom stereocenters. The van der Waals surface area contributed by atoms with Crippen molar-refractivity contribution in [1.82, 2.24) is 9.88 Å². The van der Waals surface area contributed by atoms with Gasteiger partial charge < -0.3 is 20.5 Å². The molecule has 2 rings (SSSR count). The average molecular weight is 313 g/mol. The summed E-state index contributed by atoms with van der Waals surface area (Å²) >= 11 is 1.41. The van der Waals surface area contributed by atoms with Gasteiger partial charge in [0.1, 0.15) is 16.2 Å². The summed E-state index contributed by atoms with van der Waals surface area (Å²) in [6, 6.07) is -0.595. The van der Waals surface area contributed by atoms with Crippen LogP contribution in [0.5, 0.6) is 0 Å². The van der Waals surface area contributed by atoms with E-state index in [9.17, 15) is 9.90 Å². The number of aromatic nitrogens is 1. The highest BCUT2D eigenvalue weighted by atomic mass is 32.1. The molecule has 0 saturated carbocycles. The van der Waals surface area contributed by atoms with E-state index in [1.54, 1.807) is 6.20 Å². The van der Waals surface area contributed by atoms with Gasteiger partial charge in [-0.1, -0.05) is 0 Å². The van der Waals surface area contributed by atoms with Gasteiger partial charge in [-0.05, 0) is 33.6 Å². The van der Waals surface area contributed by atoms with E-state index in [0.29, 0.717) is 24.4 Å². The molecule has 0 aromatic carbocycles. The van der Waals surface area contributed by atoms with Crippen molar-refractivity contribution in [3.05, 3.63) is 16.6 Å². The molecule has 1 aromatic rings. The number of hydrogen-bond acceptors (Lipinski definition) is 6. The normalized spacial score (nSPS) is 24.7. The van der Waals surface area contributed by atoms with Crippen LogP contribution in [-0.2, 0) is 4.74 Å². The van der Waals surface area contributed by atoms with E-state index >= 15 is 0 Å². The molecule has 0 spiro atoms. The summed E-state index contributed by atoms with van der Waals surface area (Å²) in [5, 5.41) is 13.3. The number of carbonyl (C=O) groups excluding carboxylic acids is 1. The molecule has 3 N–H and O–H groups in total. The molecule has 2 heterocycles. The summed E-state index contributed by atoms with van der Waals surface area (Å²) in [7, 11) is 0. The van der Waals surface area contributed by atoms with E-state index in [2.05, 4.69) is 4.98 Å². The standard InChI is InChI=1S/C14H23N3O3S/c1-13(2,3)20-12(18)17-7-4-5-14(19,9-17)10(15)11-16-6-8-21-11/h6,8,10,19H,4-5,7,9,15H2,1-3H3. The van der Waals surface area contributed by atoms with Crippen molar-refractivity contribution >= 4 is 17.4 Å². The lowest BCUT2D eigenvalue weighted by Gasteiger charge is -2.42. The minimum atomic E-state index is -1.16. The maximum Gasteiger partial charge on any atom is 0.410 e. The number of likely N-dealkylation sites (tertiary alicyclic amines) is 1. The minimum absolute atomic E-state index is 0.169. The first kappa shape index (κ1) is 16.2. The average Bonchev–Trinajstić information content (AvgIpc) is 2.89. The summed E-state index contributed by atoms with van der Waals surface area (Å²) in [4.78, 5) is 17.8. The van der Waals surface area contributed by atoms with Crippen LogP contribution in [0.15, 0.2) is 11.6 Å². The van der Waals surface area contributed by atoms with Gasteiger partial charge in [-0.25, -0.2) is 9.78 Å². The predicted octanol–water partition coefficient (Wildman–Crippen LogP) is 1.90. The zero-order chi connectivity index (χ0) is 15.7. The van der Waals surface area contributed by atoms with Crippen molar-refractivity contribution in [2.24, 2.45) is 5.73 Å². The lowest BCUT2D eigenvalue weighted by atomic mass is 9.86. The largest absolute Gasteiger partial charge is 0.444 e. The summed E-state index contributed by atoms with van der Waals surface area (Å²) in [5.74, 6) is 0. The second kappa shape index (κ2) is 5.90. The maximum absolute atomic E-state index is 12.1. The smallest absolute Gasteiger partial charge is 0.410 e. The predicted molar refractivity (Wildman–Crippen MR) is 81.0 cm³/mol. The van der Waals surface area contributed by atoms with Gasteiger partial charge in [0, 0.05) is 18.1 Å². The molecular weight excluding hydrogens is 290 g/mol. The van der Waals surface area contributed by atoms with Crippen LogP contribution in [0, 0.1) is 0 Å². The zero-order valence-electron chi connectivity index (χ0n) is 12.7. The highest BCUT2D eigenvalue weighted by Crippen LogP contribution is 2.33. The third-order valence-corrected chi connectivity index (χ3v) is 4.31. The van der Waals surface area contributed by atoms with Gasteiger partial charge in [-0.15, -0.1) is 11.3 Å². The Kier molecular flexibility index (Phi) is 4.55. The molecule has 118 valence electrons. The van der Waals surface area contributed by atoms with E-state index in [4.69, 9.17) is 10.5 Å². The van der Waals surface area contributed by atoms with E-state index in [-0.39, 0.29) is 6.54 Å². The molecule has 2 unspecified atom stereocenters. The Hall–Kier alpha value is -1.18. The van der Waals surface area contributed by atoms with Gasteiger partial charge in [0.25, 0.3) is 0 Å². The molecule has 1 saturated heterocycles. The van der Waals surface area contributed by atoms with E-state index in [0.717, 1.165) is 0 Å². The Morgan fingerprint density at radius 1 is 1.62 bits per heavy atom. The molecule has 1 aliphatic heterocycles. The van der Waals surface area contributed by atoms with Crippen LogP contribution in [0.3, 0.4) is 0 Å². The molecule has 1 fully saturated rings. The molecule has 1 amide bonds. The maximum atomic E-state index is 12.1. The summed E-state index contributed by atoms with van der Waals surface area (Å²) in [6.45, 7) is 6.21. The van der Waals surface area contributed by atoms with E-state index < -0.39 is 23.3 Å². The SMILES string of the molecule is CC(C)(C)OC(=O)N1CCCC(O)(C(N)c2nccs2)C1. The Morgan fingerprint density at radius 3 is 2.90 bits per heavy atom. The van der Waals surface area contributed by atoms with E-state index in [1.807, 2.05) is 26.2 Å². The summed E-state index contributed by atoms with van der Waals surface area (Å²) in [6.07, 6.45) is 2.49. The Balaban J connectivity index is 2.07. The Morgan fingerprint density at radius 2 is 2.33 bits per heavy atom. The van der Waals surface area contributed by atoms with Crippen LogP contribution in [0.1, 0.15) is 44.7 Å². The summed E-state index contributed by atoms with van der Waals surface area (Å²) in [5.41, 5.74) is 4.45. The fraction of sp³-hybridized carbons (Fsp3) is 0.714. The fourth-order valence-corrected chi connectivity index (χ4v) is 3.17. The highest BCUT2D eigenvalue weighted by molar-refractivity contribution is 7.09. The second-order valence-corrected chi connectivity index (χ2v) is 7.38. The Bertz CT molecular complexity index is 486. The molecule has 1 aliphatic rings. The van der Waals surface area contributed by atoms with Gasteiger partial charge >= 0.3 is 6.09 Å². The minimum Gasteiger partial charge on any atom is -0.444 e. The van der Waals surface area contributed by atoms with Crippen molar-refractivity contribution in [2.45, 2.75) is 50.9 Å². The number of β-amino-alcohol motifs (C(OH)–C–C–N with tert-alkyl or cyclic N) is 1. The second-order valence-electron chi connectivity index (χ2n) is 6.46. The van der Waals surface area contributed by atoms with Crippen LogP contribution in [0.25, 0.3) is 0 Å². The van der Waals surface area contributed by atoms with Crippen molar-refractivity contribution < 1.29 is 14.6 Å². The monoisotopic (exact) mass is 313 g/mol. The number of carbonyl (C=O) groups is 1. The molecule has 1 aromatic heterocycles. The van der Waals surface area contributed by atoms with Crippen molar-refractivity contribution in [3.8, 4) is 0 Å². The number of rotatable bonds is 2. The Labute approximate surface area is 128 Å². The number of piperidine rings is 1. The van der Waals surface area contributed by atoms with Crippen LogP contribution in [0.2, 0.25) is 0 Å². The molecular formula is C14H23N3O3S. The molecule has 21 heavy (non-hydrogen) atoms. The number of hydrogen-bond donors (Lipinski definition) is 2. The van der Waals surface area contributed by atoms with Crippen molar-refractivity contribution in [3.63, 3.8) is 0 Å². The van der Waals surface area contributed by atoms with Crippen LogP contribution in [-0.4, -0.2) is 45.4 Å². The van der Waals surface area contributed by atoms with Crippen LogP contribution in [0.4, 0.5) is 4.79 Å². The first-order chi connectivity index (χ1) is 9.71. The lowest BCUT2D eigenvalue weighted by molar-refractivity contribution is -0.0575. The topological polar surface area (TPSA) is 88.7 Å². The molecule has 7 heteroatoms. The molecule has 0 bridgehead atoms. The highest BCUT2D eigenvalue weighted by Gasteiger charge is 2.42. The van der Waals surface area contributed by atoms with Gasteiger partial charge in [0.05, 0.1) is 12.6 Å². The van der Waals surface area contributed by atoms with Gasteiger partial charge in [-0.2, -0.15) is 0 Å². The third-order valence-electron chi connectivity index (χ3n) is 3.45. The van der Waals surface area contributed by atoms with Crippen molar-refractivity contribution in [1.29, 1.82) is 0 Å². The van der Waals surface area contributed by atoms with Gasteiger partial charge in [0.15, 0.2) is 0 Å². The van der Waals surface area contributed by atoms with Gasteiger partial charge in [-0.3, -0.25) is 0 Å². The van der Waals surface area contributed by atoms with Crippen molar-refractivity contribution in [2.75, 3.05) is 13.1 Å². The number of aliphatic hydroxyl groups is 1. The fourth-order valence-electron chi connectivity index (χ4n) is 2.42. The third kappa shape index (κ3) is 3.93. The van der Waals surface area contributed by atoms with Crippen LogP contribution >= 0.6 is 11.3 Å². The first-order valence-corrected chi connectivity index (χ1v) is 7.94. The summed E-state index contributed by atoms with van der Waals surface area (Å²) < 4.78 is 5.36. The quantitative estimate of drug-likeness (QED) is 0.870. The first-order valence-electron chi connectivity index (χ1n) is 7.06. The number of nitrogens with zero attached hydrogens (tertiary/aromatic N) is 2. The van der Waals surface area contributed by atoms with E-state index in [1.165, 1.54) is 16.2 Å². The molecule has 6 nitrogen and oxygen atoms in total. The molecule has 0 radical (unpaired) electrons. The van der Waals surface area contributed by atoms with Gasteiger partial charge in [0.2, 0.25) is 0 Å². The molecule has 0 aliphatic carbocycles. The number of nitrogens with two attached hydrogens (primary N) is 1.